The van der Waals surface area contributed by atoms with Crippen molar-refractivity contribution in [2.75, 3.05) is 0 Å². The number of fused-ring (bicyclic) bond motifs is 1. The molecule has 18 heavy (non-hydrogen) atoms. The van der Waals surface area contributed by atoms with Crippen LogP contribution in [0.5, 0.6) is 5.75 Å². The van der Waals surface area contributed by atoms with E-state index >= 15 is 0 Å². The minimum Gasteiger partial charge on any atom is -0.505 e. The predicted octanol–water partition coefficient (Wildman–Crippen LogP) is 4.25. The molecule has 2 nitrogen and oxygen atoms in total. The van der Waals surface area contributed by atoms with Crippen molar-refractivity contribution >= 4 is 11.0 Å². The maximum Gasteiger partial charge on any atom is 0.165 e. The van der Waals surface area contributed by atoms with Crippen LogP contribution in [-0.2, 0) is 0 Å². The van der Waals surface area contributed by atoms with Gasteiger partial charge in [0.25, 0.3) is 0 Å². The summed E-state index contributed by atoms with van der Waals surface area (Å²) in [6.45, 7) is 2.01. The second kappa shape index (κ2) is 3.88. The van der Waals surface area contributed by atoms with Gasteiger partial charge in [-0.05, 0) is 43.3 Å². The Morgan fingerprint density at radius 2 is 1.89 bits per heavy atom. The zero-order valence-electron chi connectivity index (χ0n) is 9.77. The third-order valence-corrected chi connectivity index (χ3v) is 2.90. The fourth-order valence-corrected chi connectivity index (χ4v) is 1.97. The Bertz CT molecular complexity index is 728. The average Bonchev–Trinajstić information content (AvgIpc) is 2.75. The van der Waals surface area contributed by atoms with Crippen LogP contribution in [0.4, 0.5) is 4.39 Å². The number of aromatic hydroxyl groups is 1. The first-order chi connectivity index (χ1) is 8.63. The SMILES string of the molecule is Cc1ccc2oc(-c3ccc(O)c(F)c3)cc2c1. The topological polar surface area (TPSA) is 33.4 Å². The van der Waals surface area contributed by atoms with Gasteiger partial charge in [-0.2, -0.15) is 0 Å². The third-order valence-electron chi connectivity index (χ3n) is 2.90. The second-order valence-corrected chi connectivity index (χ2v) is 4.32. The van der Waals surface area contributed by atoms with E-state index in [9.17, 15) is 4.39 Å². The molecule has 0 radical (unpaired) electrons. The zero-order valence-corrected chi connectivity index (χ0v) is 9.77. The molecule has 3 rings (SSSR count). The molecule has 90 valence electrons. The molecule has 0 aliphatic carbocycles. The molecular weight excluding hydrogens is 231 g/mol. The van der Waals surface area contributed by atoms with E-state index in [1.165, 1.54) is 12.1 Å². The second-order valence-electron chi connectivity index (χ2n) is 4.32. The number of phenols is 1. The monoisotopic (exact) mass is 242 g/mol. The Morgan fingerprint density at radius 1 is 1.06 bits per heavy atom. The van der Waals surface area contributed by atoms with Crippen LogP contribution in [0.15, 0.2) is 46.9 Å². The van der Waals surface area contributed by atoms with Crippen LogP contribution in [-0.4, -0.2) is 5.11 Å². The molecule has 0 atom stereocenters. The van der Waals surface area contributed by atoms with Crippen LogP contribution < -0.4 is 0 Å². The first-order valence-corrected chi connectivity index (χ1v) is 5.62. The van der Waals surface area contributed by atoms with Crippen molar-refractivity contribution in [2.45, 2.75) is 6.92 Å². The number of benzene rings is 2. The van der Waals surface area contributed by atoms with Gasteiger partial charge in [-0.1, -0.05) is 11.6 Å². The standard InChI is InChI=1S/C15H11FO2/c1-9-2-5-14-11(6-9)8-15(18-14)10-3-4-13(17)12(16)7-10/h2-8,17H,1H3. The van der Waals surface area contributed by atoms with Crippen molar-refractivity contribution in [1.82, 2.24) is 0 Å². The summed E-state index contributed by atoms with van der Waals surface area (Å²) in [7, 11) is 0. The molecule has 0 bridgehead atoms. The van der Waals surface area contributed by atoms with E-state index in [1.54, 1.807) is 6.07 Å². The van der Waals surface area contributed by atoms with E-state index in [-0.39, 0.29) is 5.75 Å². The minimum absolute atomic E-state index is 0.356. The van der Waals surface area contributed by atoms with E-state index in [4.69, 9.17) is 9.52 Å². The number of hydrogen-bond acceptors (Lipinski definition) is 2. The van der Waals surface area contributed by atoms with Crippen LogP contribution in [0.1, 0.15) is 5.56 Å². The van der Waals surface area contributed by atoms with Crippen LogP contribution >= 0.6 is 0 Å². The van der Waals surface area contributed by atoms with Crippen molar-refractivity contribution in [3.63, 3.8) is 0 Å². The van der Waals surface area contributed by atoms with Crippen molar-refractivity contribution in [2.24, 2.45) is 0 Å². The van der Waals surface area contributed by atoms with E-state index in [0.29, 0.717) is 11.3 Å². The van der Waals surface area contributed by atoms with Gasteiger partial charge in [0.2, 0.25) is 0 Å². The quantitative estimate of drug-likeness (QED) is 0.691. The summed E-state index contributed by atoms with van der Waals surface area (Å²) in [4.78, 5) is 0. The Kier molecular flexibility index (Phi) is 2.33. The molecule has 0 unspecified atom stereocenters. The summed E-state index contributed by atoms with van der Waals surface area (Å²) in [5.41, 5.74) is 2.52. The summed E-state index contributed by atoms with van der Waals surface area (Å²) in [6, 6.07) is 12.0. The molecule has 3 aromatic rings. The highest BCUT2D eigenvalue weighted by molar-refractivity contribution is 5.83. The first kappa shape index (κ1) is 10.8. The molecule has 0 saturated carbocycles. The highest BCUT2D eigenvalue weighted by Gasteiger charge is 2.09. The molecule has 0 amide bonds. The van der Waals surface area contributed by atoms with Gasteiger partial charge < -0.3 is 9.52 Å². The number of aryl methyl sites for hydroxylation is 1. The fraction of sp³-hybridized carbons (Fsp3) is 0.0667. The lowest BCUT2D eigenvalue weighted by Crippen LogP contribution is -1.78. The number of hydrogen-bond donors (Lipinski definition) is 1. The molecule has 0 spiro atoms. The van der Waals surface area contributed by atoms with Gasteiger partial charge >= 0.3 is 0 Å². The predicted molar refractivity (Wildman–Crippen MR) is 68.0 cm³/mol. The van der Waals surface area contributed by atoms with Crippen molar-refractivity contribution in [3.05, 3.63) is 53.8 Å². The van der Waals surface area contributed by atoms with Crippen LogP contribution in [0.3, 0.4) is 0 Å². The Balaban J connectivity index is 2.16. The Labute approximate surface area is 103 Å². The molecule has 3 heteroatoms. The largest absolute Gasteiger partial charge is 0.505 e. The number of furan rings is 1. The molecule has 1 heterocycles. The summed E-state index contributed by atoms with van der Waals surface area (Å²) < 4.78 is 18.9. The molecular formula is C15H11FO2. The Hall–Kier alpha value is -2.29. The maximum atomic E-state index is 13.3. The summed E-state index contributed by atoms with van der Waals surface area (Å²) in [5, 5.41) is 10.1. The number of phenolic OH excluding ortho intramolecular Hbond substituents is 1. The molecule has 0 aliphatic rings. The van der Waals surface area contributed by atoms with E-state index in [2.05, 4.69) is 0 Å². The molecule has 1 N–H and O–H groups in total. The highest BCUT2D eigenvalue weighted by Crippen LogP contribution is 2.30. The van der Waals surface area contributed by atoms with Gasteiger partial charge in [-0.25, -0.2) is 4.39 Å². The minimum atomic E-state index is -0.649. The molecule has 0 fully saturated rings. The van der Waals surface area contributed by atoms with Gasteiger partial charge in [0.1, 0.15) is 11.3 Å². The normalized spacial score (nSPS) is 11.0. The van der Waals surface area contributed by atoms with E-state index in [0.717, 1.165) is 16.5 Å². The van der Waals surface area contributed by atoms with Crippen molar-refractivity contribution in [1.29, 1.82) is 0 Å². The van der Waals surface area contributed by atoms with Gasteiger partial charge in [0.15, 0.2) is 11.6 Å². The van der Waals surface area contributed by atoms with Crippen molar-refractivity contribution in [3.8, 4) is 17.1 Å². The van der Waals surface area contributed by atoms with Gasteiger partial charge in [0, 0.05) is 10.9 Å². The summed E-state index contributed by atoms with van der Waals surface area (Å²) in [6.07, 6.45) is 0. The summed E-state index contributed by atoms with van der Waals surface area (Å²) >= 11 is 0. The third kappa shape index (κ3) is 1.74. The smallest absolute Gasteiger partial charge is 0.165 e. The maximum absolute atomic E-state index is 13.3. The number of halogens is 1. The fourth-order valence-electron chi connectivity index (χ4n) is 1.97. The van der Waals surface area contributed by atoms with Gasteiger partial charge in [-0.3, -0.25) is 0 Å². The van der Waals surface area contributed by atoms with Crippen molar-refractivity contribution < 1.29 is 13.9 Å². The molecule has 1 aromatic heterocycles. The lowest BCUT2D eigenvalue weighted by Gasteiger charge is -1.98. The first-order valence-electron chi connectivity index (χ1n) is 5.62. The van der Waals surface area contributed by atoms with Crippen LogP contribution in [0.25, 0.3) is 22.3 Å². The van der Waals surface area contributed by atoms with E-state index in [1.807, 2.05) is 31.2 Å². The lowest BCUT2D eigenvalue weighted by molar-refractivity contribution is 0.432. The summed E-state index contributed by atoms with van der Waals surface area (Å²) in [5.74, 6) is -0.413. The zero-order chi connectivity index (χ0) is 12.7. The average molecular weight is 242 g/mol. The lowest BCUT2D eigenvalue weighted by atomic mass is 10.1. The van der Waals surface area contributed by atoms with E-state index < -0.39 is 5.82 Å². The number of rotatable bonds is 1. The molecule has 0 saturated heterocycles. The molecule has 0 aliphatic heterocycles. The Morgan fingerprint density at radius 3 is 2.67 bits per heavy atom. The highest BCUT2D eigenvalue weighted by atomic mass is 19.1. The van der Waals surface area contributed by atoms with Gasteiger partial charge in [0.05, 0.1) is 0 Å². The van der Waals surface area contributed by atoms with Crippen LogP contribution in [0, 0.1) is 12.7 Å². The molecule has 2 aromatic carbocycles. The van der Waals surface area contributed by atoms with Gasteiger partial charge in [-0.15, -0.1) is 0 Å². The van der Waals surface area contributed by atoms with Crippen LogP contribution in [0.2, 0.25) is 0 Å².